The molecule has 0 heterocycles. The highest BCUT2D eigenvalue weighted by Crippen LogP contribution is 2.36. The van der Waals surface area contributed by atoms with Gasteiger partial charge in [0.15, 0.2) is 8.32 Å². The van der Waals surface area contributed by atoms with Crippen molar-refractivity contribution < 1.29 is 14.3 Å². The molecule has 0 bridgehead atoms. The Hall–Kier alpha value is -0.663. The van der Waals surface area contributed by atoms with E-state index in [0.29, 0.717) is 5.57 Å². The Morgan fingerprint density at radius 2 is 1.68 bits per heavy atom. The van der Waals surface area contributed by atoms with Gasteiger partial charge >= 0.3 is 5.97 Å². The minimum absolute atomic E-state index is 0.360. The van der Waals surface area contributed by atoms with Crippen molar-refractivity contribution >= 4 is 36.9 Å². The predicted octanol–water partition coefficient (Wildman–Crippen LogP) is 5.54. The molecular weight excluding hydrogens is 407 g/mol. The maximum Gasteiger partial charge on any atom is 0.335 e. The van der Waals surface area contributed by atoms with Crippen LogP contribution in [-0.4, -0.2) is 19.4 Å². The standard InChI is InChI=1S/C17H25IO3Si/c1-5-22(6-2,7-3)21-16(14-11-9-8-10-12-14)15(13(4)18)17(19)20/h8-12,16H,5-7H2,1-4H3,(H,19,20). The average Bonchev–Trinajstić information content (AvgIpc) is 2.51. The summed E-state index contributed by atoms with van der Waals surface area (Å²) in [5, 5.41) is 9.66. The maximum absolute atomic E-state index is 11.8. The zero-order chi connectivity index (χ0) is 16.8. The molecule has 0 aliphatic carbocycles. The topological polar surface area (TPSA) is 46.5 Å². The molecule has 0 radical (unpaired) electrons. The van der Waals surface area contributed by atoms with Crippen molar-refractivity contribution in [3.8, 4) is 0 Å². The molecule has 1 rings (SSSR count). The Labute approximate surface area is 148 Å². The largest absolute Gasteiger partial charge is 0.478 e. The summed E-state index contributed by atoms with van der Waals surface area (Å²) < 4.78 is 7.32. The van der Waals surface area contributed by atoms with Crippen molar-refractivity contribution in [1.82, 2.24) is 0 Å². The van der Waals surface area contributed by atoms with Gasteiger partial charge in [-0.1, -0.05) is 51.1 Å². The van der Waals surface area contributed by atoms with E-state index >= 15 is 0 Å². The van der Waals surface area contributed by atoms with Gasteiger partial charge in [-0.3, -0.25) is 0 Å². The van der Waals surface area contributed by atoms with E-state index in [0.717, 1.165) is 27.3 Å². The number of carbonyl (C=O) groups is 1. The lowest BCUT2D eigenvalue weighted by atomic mass is 10.0. The molecule has 122 valence electrons. The van der Waals surface area contributed by atoms with E-state index in [4.69, 9.17) is 4.43 Å². The molecule has 1 atom stereocenters. The van der Waals surface area contributed by atoms with Crippen LogP contribution in [0.4, 0.5) is 0 Å². The minimum atomic E-state index is -1.92. The SMILES string of the molecule is CC[Si](CC)(CC)OC(C(C(=O)O)=C(C)I)c1ccccc1. The second-order valence-electron chi connectivity index (χ2n) is 5.40. The molecule has 5 heteroatoms. The third-order valence-corrected chi connectivity index (χ3v) is 9.45. The van der Waals surface area contributed by atoms with Gasteiger partial charge in [-0.2, -0.15) is 0 Å². The number of hydrogen-bond donors (Lipinski definition) is 1. The summed E-state index contributed by atoms with van der Waals surface area (Å²) in [6.07, 6.45) is -0.484. The maximum atomic E-state index is 11.8. The van der Waals surface area contributed by atoms with Crippen molar-refractivity contribution in [3.63, 3.8) is 0 Å². The zero-order valence-corrected chi connectivity index (χ0v) is 16.9. The van der Waals surface area contributed by atoms with Crippen LogP contribution in [0.3, 0.4) is 0 Å². The molecule has 3 nitrogen and oxygen atoms in total. The summed E-state index contributed by atoms with van der Waals surface area (Å²) >= 11 is 2.08. The van der Waals surface area contributed by atoms with E-state index in [2.05, 4.69) is 43.4 Å². The van der Waals surface area contributed by atoms with E-state index in [-0.39, 0.29) is 0 Å². The molecule has 0 amide bonds. The molecule has 1 N–H and O–H groups in total. The second kappa shape index (κ2) is 8.84. The highest BCUT2D eigenvalue weighted by atomic mass is 127. The van der Waals surface area contributed by atoms with Crippen LogP contribution >= 0.6 is 22.6 Å². The van der Waals surface area contributed by atoms with Crippen LogP contribution in [-0.2, 0) is 9.22 Å². The lowest BCUT2D eigenvalue weighted by molar-refractivity contribution is -0.133. The van der Waals surface area contributed by atoms with Crippen molar-refractivity contribution in [3.05, 3.63) is 45.0 Å². The van der Waals surface area contributed by atoms with Gasteiger partial charge in [0.2, 0.25) is 0 Å². The molecule has 1 aromatic rings. The van der Waals surface area contributed by atoms with Gasteiger partial charge in [0.05, 0.1) is 5.57 Å². The van der Waals surface area contributed by atoms with Crippen molar-refractivity contribution in [2.75, 3.05) is 0 Å². The summed E-state index contributed by atoms with van der Waals surface area (Å²) in [5.74, 6) is -0.896. The number of aliphatic carboxylic acids is 1. The highest BCUT2D eigenvalue weighted by Gasteiger charge is 2.36. The number of carboxylic acids is 1. The third kappa shape index (κ3) is 4.66. The summed E-state index contributed by atoms with van der Waals surface area (Å²) in [6.45, 7) is 8.30. The van der Waals surface area contributed by atoms with E-state index in [9.17, 15) is 9.90 Å². The van der Waals surface area contributed by atoms with Gasteiger partial charge < -0.3 is 9.53 Å². The van der Waals surface area contributed by atoms with Crippen molar-refractivity contribution in [2.24, 2.45) is 0 Å². The first kappa shape index (κ1) is 19.4. The van der Waals surface area contributed by atoms with E-state index in [1.807, 2.05) is 37.3 Å². The first-order chi connectivity index (χ1) is 10.4. The van der Waals surface area contributed by atoms with Gasteiger partial charge in [-0.05, 0) is 53.2 Å². The molecule has 1 aromatic carbocycles. The van der Waals surface area contributed by atoms with Gasteiger partial charge in [0.1, 0.15) is 6.10 Å². The molecule has 0 saturated carbocycles. The Morgan fingerprint density at radius 3 is 2.05 bits per heavy atom. The fourth-order valence-corrected chi connectivity index (χ4v) is 5.88. The monoisotopic (exact) mass is 432 g/mol. The van der Waals surface area contributed by atoms with Crippen LogP contribution in [0.5, 0.6) is 0 Å². The molecule has 22 heavy (non-hydrogen) atoms. The number of rotatable bonds is 8. The highest BCUT2D eigenvalue weighted by molar-refractivity contribution is 14.1. The zero-order valence-electron chi connectivity index (χ0n) is 13.7. The molecule has 0 spiro atoms. The average molecular weight is 432 g/mol. The Kier molecular flexibility index (Phi) is 7.78. The van der Waals surface area contributed by atoms with Crippen molar-refractivity contribution in [2.45, 2.75) is 51.9 Å². The first-order valence-electron chi connectivity index (χ1n) is 7.73. The van der Waals surface area contributed by atoms with Crippen molar-refractivity contribution in [1.29, 1.82) is 0 Å². The number of allylic oxidation sites excluding steroid dienone is 1. The number of halogens is 1. The van der Waals surface area contributed by atoms with Crippen LogP contribution < -0.4 is 0 Å². The molecule has 0 aliphatic rings. The molecule has 0 saturated heterocycles. The van der Waals surface area contributed by atoms with Crippen LogP contribution in [0.1, 0.15) is 39.4 Å². The third-order valence-electron chi connectivity index (χ3n) is 4.27. The fraction of sp³-hybridized carbons (Fsp3) is 0.471. The van der Waals surface area contributed by atoms with Gasteiger partial charge in [-0.15, -0.1) is 0 Å². The number of carboxylic acid groups (broad SMARTS) is 1. The predicted molar refractivity (Wildman–Crippen MR) is 102 cm³/mol. The molecule has 0 aliphatic heterocycles. The van der Waals surface area contributed by atoms with Gasteiger partial charge in [0, 0.05) is 3.58 Å². The smallest absolute Gasteiger partial charge is 0.335 e. The van der Waals surface area contributed by atoms with Gasteiger partial charge in [0.25, 0.3) is 0 Å². The van der Waals surface area contributed by atoms with E-state index in [1.165, 1.54) is 0 Å². The Bertz CT molecular complexity index is 512. The van der Waals surface area contributed by atoms with Crippen LogP contribution in [0, 0.1) is 0 Å². The van der Waals surface area contributed by atoms with Crippen LogP contribution in [0.15, 0.2) is 39.5 Å². The summed E-state index contributed by atoms with van der Waals surface area (Å²) in [7, 11) is -1.92. The normalized spacial score (nSPS) is 14.4. The second-order valence-corrected chi connectivity index (χ2v) is 11.7. The van der Waals surface area contributed by atoms with E-state index < -0.39 is 20.4 Å². The molecule has 0 aromatic heterocycles. The van der Waals surface area contributed by atoms with Gasteiger partial charge in [-0.25, -0.2) is 4.79 Å². The molecular formula is C17H25IO3Si. The lowest BCUT2D eigenvalue weighted by Gasteiger charge is -2.34. The summed E-state index contributed by atoms with van der Waals surface area (Å²) in [6, 6.07) is 12.7. The number of hydrogen-bond acceptors (Lipinski definition) is 2. The van der Waals surface area contributed by atoms with Crippen LogP contribution in [0.25, 0.3) is 0 Å². The molecule has 0 fully saturated rings. The Balaban J connectivity index is 3.36. The van der Waals surface area contributed by atoms with E-state index in [1.54, 1.807) is 0 Å². The number of benzene rings is 1. The summed E-state index contributed by atoms with van der Waals surface area (Å²) in [5.41, 5.74) is 1.28. The quantitative estimate of drug-likeness (QED) is 0.333. The molecule has 1 unspecified atom stereocenters. The lowest BCUT2D eigenvalue weighted by Crippen LogP contribution is -2.38. The fourth-order valence-electron chi connectivity index (χ4n) is 2.61. The summed E-state index contributed by atoms with van der Waals surface area (Å²) in [4.78, 5) is 11.8. The minimum Gasteiger partial charge on any atom is -0.478 e. The van der Waals surface area contributed by atoms with Crippen LogP contribution in [0.2, 0.25) is 18.1 Å². The Morgan fingerprint density at radius 1 is 1.18 bits per heavy atom. The first-order valence-corrected chi connectivity index (χ1v) is 11.3.